The van der Waals surface area contributed by atoms with Crippen LogP contribution in [0.4, 0.5) is 24.9 Å². The number of alkyl halides is 3. The minimum atomic E-state index is -4.38. The number of nitrogens with zero attached hydrogens (tertiary/aromatic N) is 3. The van der Waals surface area contributed by atoms with E-state index in [4.69, 9.17) is 0 Å². The number of anilines is 2. The molecule has 1 aromatic carbocycles. The third kappa shape index (κ3) is 3.56. The van der Waals surface area contributed by atoms with Gasteiger partial charge in [0.1, 0.15) is 11.5 Å². The smallest absolute Gasteiger partial charge is 0.365 e. The molecule has 1 saturated heterocycles. The molecule has 0 saturated carbocycles. The van der Waals surface area contributed by atoms with Gasteiger partial charge in [-0.05, 0) is 37.5 Å². The average molecular weight is 375 g/mol. The molecular weight excluding hydrogens is 355 g/mol. The third-order valence-corrected chi connectivity index (χ3v) is 4.77. The van der Waals surface area contributed by atoms with Crippen molar-refractivity contribution in [1.82, 2.24) is 15.0 Å². The molecule has 27 heavy (non-hydrogen) atoms. The first-order valence-electron chi connectivity index (χ1n) is 8.93. The third-order valence-electron chi connectivity index (χ3n) is 4.77. The van der Waals surface area contributed by atoms with E-state index in [1.165, 1.54) is 12.1 Å². The fourth-order valence-corrected chi connectivity index (χ4v) is 3.45. The molecule has 3 aromatic rings. The van der Waals surface area contributed by atoms with Crippen LogP contribution in [0.1, 0.15) is 29.7 Å². The van der Waals surface area contributed by atoms with E-state index in [1.807, 2.05) is 13.0 Å². The molecular formula is C19H20F3N5. The lowest BCUT2D eigenvalue weighted by molar-refractivity contribution is -0.138. The van der Waals surface area contributed by atoms with Crippen LogP contribution in [0, 0.1) is 6.92 Å². The molecule has 0 unspecified atom stereocenters. The summed E-state index contributed by atoms with van der Waals surface area (Å²) in [6.45, 7) is 3.73. The van der Waals surface area contributed by atoms with Crippen molar-refractivity contribution in [2.75, 3.05) is 23.3 Å². The fourth-order valence-electron chi connectivity index (χ4n) is 3.45. The first-order chi connectivity index (χ1) is 12.9. The number of aryl methyl sites for hydroxylation is 1. The number of nitrogens with one attached hydrogen (secondary N) is 2. The highest BCUT2D eigenvalue weighted by molar-refractivity contribution is 5.89. The summed E-state index contributed by atoms with van der Waals surface area (Å²) < 4.78 is 39.7. The van der Waals surface area contributed by atoms with Crippen molar-refractivity contribution in [3.05, 3.63) is 47.2 Å². The average Bonchev–Trinajstić information content (AvgIpc) is 3.27. The van der Waals surface area contributed by atoms with Crippen LogP contribution in [0.2, 0.25) is 0 Å². The van der Waals surface area contributed by atoms with Crippen molar-refractivity contribution in [3.63, 3.8) is 0 Å². The summed E-state index contributed by atoms with van der Waals surface area (Å²) in [5.41, 5.74) is 1.17. The Bertz CT molecular complexity index is 958. The summed E-state index contributed by atoms with van der Waals surface area (Å²) in [6.07, 6.45) is -2.20. The summed E-state index contributed by atoms with van der Waals surface area (Å²) in [6, 6.07) is 7.50. The molecule has 0 aliphatic carbocycles. The molecule has 2 N–H and O–H groups in total. The Balaban J connectivity index is 1.67. The Labute approximate surface area is 154 Å². The molecule has 0 amide bonds. The molecule has 8 heteroatoms. The van der Waals surface area contributed by atoms with Crippen LogP contribution < -0.4 is 10.2 Å². The normalized spacial score (nSPS) is 14.9. The second-order valence-electron chi connectivity index (χ2n) is 6.79. The highest BCUT2D eigenvalue weighted by atomic mass is 19.4. The van der Waals surface area contributed by atoms with Crippen molar-refractivity contribution in [2.45, 2.75) is 32.5 Å². The number of hydrogen-bond acceptors (Lipinski definition) is 4. The van der Waals surface area contributed by atoms with E-state index < -0.39 is 11.7 Å². The van der Waals surface area contributed by atoms with Gasteiger partial charge in [-0.3, -0.25) is 0 Å². The van der Waals surface area contributed by atoms with Gasteiger partial charge in [0.15, 0.2) is 0 Å². The van der Waals surface area contributed by atoms with Gasteiger partial charge in [-0.15, -0.1) is 0 Å². The molecule has 0 bridgehead atoms. The predicted molar refractivity (Wildman–Crippen MR) is 98.8 cm³/mol. The number of aromatic nitrogens is 3. The quantitative estimate of drug-likeness (QED) is 0.705. The van der Waals surface area contributed by atoms with Crippen LogP contribution in [0.25, 0.3) is 11.0 Å². The molecule has 0 atom stereocenters. The zero-order chi connectivity index (χ0) is 19.0. The molecule has 2 aromatic heterocycles. The molecule has 3 heterocycles. The van der Waals surface area contributed by atoms with Gasteiger partial charge < -0.3 is 15.2 Å². The fraction of sp³-hybridized carbons (Fsp3) is 0.368. The predicted octanol–water partition coefficient (Wildman–Crippen LogP) is 4.50. The van der Waals surface area contributed by atoms with E-state index in [1.54, 1.807) is 6.07 Å². The number of halogens is 3. The monoisotopic (exact) mass is 375 g/mol. The summed E-state index contributed by atoms with van der Waals surface area (Å²) in [5.74, 6) is 1.15. The lowest BCUT2D eigenvalue weighted by Gasteiger charge is -2.17. The van der Waals surface area contributed by atoms with E-state index in [-0.39, 0.29) is 12.1 Å². The number of hydrogen-bond donors (Lipinski definition) is 2. The summed E-state index contributed by atoms with van der Waals surface area (Å²) >= 11 is 0. The summed E-state index contributed by atoms with van der Waals surface area (Å²) in [7, 11) is 0. The Hall–Kier alpha value is -2.77. The van der Waals surface area contributed by atoms with Crippen LogP contribution in [0.15, 0.2) is 30.3 Å². The number of rotatable bonds is 4. The number of H-pyrrole nitrogens is 1. The van der Waals surface area contributed by atoms with Crippen molar-refractivity contribution >= 4 is 22.8 Å². The van der Waals surface area contributed by atoms with E-state index >= 15 is 0 Å². The zero-order valence-electron chi connectivity index (χ0n) is 14.9. The maximum atomic E-state index is 13.2. The SMILES string of the molecule is Cc1cc2c(NCc3ccccc3C(F)(F)F)nc(N3CCCC3)nc2[nH]1. The molecule has 1 aliphatic heterocycles. The van der Waals surface area contributed by atoms with E-state index in [2.05, 4.69) is 25.2 Å². The van der Waals surface area contributed by atoms with E-state index in [0.717, 1.165) is 43.1 Å². The van der Waals surface area contributed by atoms with Gasteiger partial charge in [0.25, 0.3) is 0 Å². The number of aromatic amines is 1. The summed E-state index contributed by atoms with van der Waals surface area (Å²) in [5, 5.41) is 3.87. The van der Waals surface area contributed by atoms with Crippen LogP contribution in [-0.2, 0) is 12.7 Å². The first-order valence-corrected chi connectivity index (χ1v) is 8.93. The van der Waals surface area contributed by atoms with Crippen molar-refractivity contribution < 1.29 is 13.2 Å². The maximum absolute atomic E-state index is 13.2. The van der Waals surface area contributed by atoms with Crippen LogP contribution >= 0.6 is 0 Å². The topological polar surface area (TPSA) is 56.8 Å². The minimum Gasteiger partial charge on any atom is -0.365 e. The first kappa shape index (κ1) is 17.6. The van der Waals surface area contributed by atoms with Crippen LogP contribution in [-0.4, -0.2) is 28.0 Å². The van der Waals surface area contributed by atoms with Gasteiger partial charge in [0.2, 0.25) is 5.95 Å². The summed E-state index contributed by atoms with van der Waals surface area (Å²) in [4.78, 5) is 14.5. The minimum absolute atomic E-state index is 0.0332. The van der Waals surface area contributed by atoms with Gasteiger partial charge in [0.05, 0.1) is 10.9 Å². The van der Waals surface area contributed by atoms with Crippen molar-refractivity contribution in [1.29, 1.82) is 0 Å². The lowest BCUT2D eigenvalue weighted by Crippen LogP contribution is -2.21. The van der Waals surface area contributed by atoms with Gasteiger partial charge in [-0.2, -0.15) is 23.1 Å². The van der Waals surface area contributed by atoms with Gasteiger partial charge in [-0.1, -0.05) is 18.2 Å². The largest absolute Gasteiger partial charge is 0.416 e. The van der Waals surface area contributed by atoms with Gasteiger partial charge in [0, 0.05) is 25.3 Å². The van der Waals surface area contributed by atoms with Crippen LogP contribution in [0.5, 0.6) is 0 Å². The Morgan fingerprint density at radius 1 is 1.15 bits per heavy atom. The molecule has 0 radical (unpaired) electrons. The molecule has 142 valence electrons. The lowest BCUT2D eigenvalue weighted by atomic mass is 10.1. The molecule has 1 fully saturated rings. The molecule has 4 rings (SSSR count). The Morgan fingerprint density at radius 3 is 2.63 bits per heavy atom. The van der Waals surface area contributed by atoms with Gasteiger partial charge >= 0.3 is 6.18 Å². The van der Waals surface area contributed by atoms with E-state index in [0.29, 0.717) is 17.4 Å². The zero-order valence-corrected chi connectivity index (χ0v) is 14.9. The number of fused-ring (bicyclic) bond motifs is 1. The number of benzene rings is 1. The Kier molecular flexibility index (Phi) is 4.41. The molecule has 0 spiro atoms. The highest BCUT2D eigenvalue weighted by Crippen LogP contribution is 2.33. The standard InChI is InChI=1S/C19H20F3N5/c1-12-10-14-16(23-11-13-6-2-3-7-15(13)19(20,21)22)25-18(26-17(14)24-12)27-8-4-5-9-27/h2-3,6-7,10H,4-5,8-9,11H2,1H3,(H2,23,24,25,26). The Morgan fingerprint density at radius 2 is 1.89 bits per heavy atom. The molecule has 1 aliphatic rings. The second-order valence-corrected chi connectivity index (χ2v) is 6.79. The second kappa shape index (κ2) is 6.75. The van der Waals surface area contributed by atoms with Crippen LogP contribution in [0.3, 0.4) is 0 Å². The van der Waals surface area contributed by atoms with Gasteiger partial charge in [-0.25, -0.2) is 0 Å². The maximum Gasteiger partial charge on any atom is 0.416 e. The highest BCUT2D eigenvalue weighted by Gasteiger charge is 2.32. The van der Waals surface area contributed by atoms with E-state index in [9.17, 15) is 13.2 Å². The molecule has 5 nitrogen and oxygen atoms in total. The van der Waals surface area contributed by atoms with Crippen molar-refractivity contribution in [3.8, 4) is 0 Å². The van der Waals surface area contributed by atoms with Crippen molar-refractivity contribution in [2.24, 2.45) is 0 Å².